The first-order valence-electron chi connectivity index (χ1n) is 8.57. The van der Waals surface area contributed by atoms with Gasteiger partial charge in [0.15, 0.2) is 0 Å². The number of piperidine rings is 1. The number of aryl methyl sites for hydroxylation is 1. The molecule has 134 valence electrons. The van der Waals surface area contributed by atoms with Gasteiger partial charge in [-0.2, -0.15) is 5.10 Å². The Bertz CT molecular complexity index is 744. The van der Waals surface area contributed by atoms with Crippen LogP contribution in [0.25, 0.3) is 0 Å². The standard InChI is InChI=1S/C19H25N3O3/c1-12-8-16(21-20-12)14-6-5-7-22(11-14)19(23)15-9-17(24-3)13(2)18(10-15)25-4/h8-10,14H,5-7,11H2,1-4H3,(H,20,21)/t14-/m1/s1. The van der Waals surface area contributed by atoms with Crippen molar-refractivity contribution in [3.63, 3.8) is 0 Å². The second-order valence-corrected chi connectivity index (χ2v) is 6.57. The average Bonchev–Trinajstić information content (AvgIpc) is 3.08. The van der Waals surface area contributed by atoms with Crippen LogP contribution < -0.4 is 9.47 Å². The van der Waals surface area contributed by atoms with Crippen LogP contribution in [0.5, 0.6) is 11.5 Å². The number of carbonyl (C=O) groups excluding carboxylic acids is 1. The van der Waals surface area contributed by atoms with Crippen LogP contribution in [0.15, 0.2) is 18.2 Å². The Kier molecular flexibility index (Phi) is 4.97. The Balaban J connectivity index is 1.82. The first-order chi connectivity index (χ1) is 12.0. The molecule has 0 aliphatic carbocycles. The van der Waals surface area contributed by atoms with E-state index in [1.54, 1.807) is 26.4 Å². The van der Waals surface area contributed by atoms with Crippen LogP contribution in [0.1, 0.15) is 46.1 Å². The second kappa shape index (κ2) is 7.17. The molecule has 1 fully saturated rings. The molecule has 1 N–H and O–H groups in total. The zero-order chi connectivity index (χ0) is 18.0. The highest BCUT2D eigenvalue weighted by molar-refractivity contribution is 5.95. The van der Waals surface area contributed by atoms with E-state index in [1.807, 2.05) is 18.7 Å². The molecule has 2 heterocycles. The van der Waals surface area contributed by atoms with E-state index in [0.29, 0.717) is 23.6 Å². The summed E-state index contributed by atoms with van der Waals surface area (Å²) in [6, 6.07) is 5.65. The molecular weight excluding hydrogens is 318 g/mol. The van der Waals surface area contributed by atoms with Gasteiger partial charge in [-0.05, 0) is 44.9 Å². The number of H-pyrrole nitrogens is 1. The Morgan fingerprint density at radius 1 is 1.20 bits per heavy atom. The summed E-state index contributed by atoms with van der Waals surface area (Å²) in [5.74, 6) is 1.61. The fraction of sp³-hybridized carbons (Fsp3) is 0.474. The molecule has 1 amide bonds. The molecule has 1 aromatic heterocycles. The Labute approximate surface area is 148 Å². The van der Waals surface area contributed by atoms with Crippen LogP contribution in [0.3, 0.4) is 0 Å². The smallest absolute Gasteiger partial charge is 0.254 e. The topological polar surface area (TPSA) is 67.5 Å². The normalized spacial score (nSPS) is 17.4. The van der Waals surface area contributed by atoms with E-state index in [9.17, 15) is 4.79 Å². The second-order valence-electron chi connectivity index (χ2n) is 6.57. The monoisotopic (exact) mass is 343 g/mol. The summed E-state index contributed by atoms with van der Waals surface area (Å²) in [4.78, 5) is 14.9. The molecule has 25 heavy (non-hydrogen) atoms. The van der Waals surface area contributed by atoms with Crippen LogP contribution in [-0.2, 0) is 0 Å². The van der Waals surface area contributed by atoms with Crippen LogP contribution in [0.4, 0.5) is 0 Å². The van der Waals surface area contributed by atoms with E-state index in [2.05, 4.69) is 16.3 Å². The van der Waals surface area contributed by atoms with Crippen LogP contribution in [-0.4, -0.2) is 48.3 Å². The highest BCUT2D eigenvalue weighted by atomic mass is 16.5. The fourth-order valence-corrected chi connectivity index (χ4v) is 3.44. The minimum Gasteiger partial charge on any atom is -0.496 e. The molecule has 1 atom stereocenters. The van der Waals surface area contributed by atoms with E-state index in [0.717, 1.165) is 36.3 Å². The molecule has 0 unspecified atom stereocenters. The Morgan fingerprint density at radius 2 is 1.88 bits per heavy atom. The van der Waals surface area contributed by atoms with Crippen LogP contribution >= 0.6 is 0 Å². The van der Waals surface area contributed by atoms with E-state index in [1.165, 1.54) is 0 Å². The van der Waals surface area contributed by atoms with Crippen molar-refractivity contribution in [3.8, 4) is 11.5 Å². The number of carbonyl (C=O) groups is 1. The van der Waals surface area contributed by atoms with Gasteiger partial charge < -0.3 is 14.4 Å². The van der Waals surface area contributed by atoms with Gasteiger partial charge in [-0.1, -0.05) is 0 Å². The van der Waals surface area contributed by atoms with Crippen molar-refractivity contribution in [3.05, 3.63) is 40.7 Å². The number of amides is 1. The highest BCUT2D eigenvalue weighted by Gasteiger charge is 2.27. The molecular formula is C19H25N3O3. The lowest BCUT2D eigenvalue weighted by molar-refractivity contribution is 0.0705. The zero-order valence-electron chi connectivity index (χ0n) is 15.3. The number of aromatic nitrogens is 2. The SMILES string of the molecule is COc1cc(C(=O)N2CCC[C@@H](c3cc(C)[nH]n3)C2)cc(OC)c1C. The number of likely N-dealkylation sites (tertiary alicyclic amines) is 1. The fourth-order valence-electron chi connectivity index (χ4n) is 3.44. The van der Waals surface area contributed by atoms with Crippen molar-refractivity contribution in [2.75, 3.05) is 27.3 Å². The molecule has 1 aromatic carbocycles. The third-order valence-corrected chi connectivity index (χ3v) is 4.85. The Morgan fingerprint density at radius 3 is 2.44 bits per heavy atom. The number of rotatable bonds is 4. The van der Waals surface area contributed by atoms with Crippen molar-refractivity contribution in [2.24, 2.45) is 0 Å². The summed E-state index contributed by atoms with van der Waals surface area (Å²) in [5.41, 5.74) is 3.57. The maximum atomic E-state index is 13.0. The molecule has 6 heteroatoms. The van der Waals surface area contributed by atoms with Crippen molar-refractivity contribution in [1.29, 1.82) is 0 Å². The molecule has 1 aliphatic heterocycles. The first-order valence-corrected chi connectivity index (χ1v) is 8.57. The van der Waals surface area contributed by atoms with Gasteiger partial charge in [0.1, 0.15) is 11.5 Å². The molecule has 1 aliphatic rings. The summed E-state index contributed by atoms with van der Waals surface area (Å²) in [7, 11) is 3.21. The third-order valence-electron chi connectivity index (χ3n) is 4.85. The van der Waals surface area contributed by atoms with Gasteiger partial charge in [-0.25, -0.2) is 0 Å². The lowest BCUT2D eigenvalue weighted by atomic mass is 9.94. The van der Waals surface area contributed by atoms with Gasteiger partial charge in [0.05, 0.1) is 19.9 Å². The van der Waals surface area contributed by atoms with Gasteiger partial charge >= 0.3 is 0 Å². The van der Waals surface area contributed by atoms with Crippen molar-refractivity contribution < 1.29 is 14.3 Å². The van der Waals surface area contributed by atoms with Gasteiger partial charge in [0, 0.05) is 35.8 Å². The maximum Gasteiger partial charge on any atom is 0.254 e. The number of benzene rings is 1. The van der Waals surface area contributed by atoms with Gasteiger partial charge in [-0.3, -0.25) is 9.89 Å². The van der Waals surface area contributed by atoms with E-state index < -0.39 is 0 Å². The molecule has 6 nitrogen and oxygen atoms in total. The molecule has 0 bridgehead atoms. The number of nitrogens with one attached hydrogen (secondary N) is 1. The minimum atomic E-state index is 0.00792. The van der Waals surface area contributed by atoms with E-state index >= 15 is 0 Å². The number of hydrogen-bond donors (Lipinski definition) is 1. The molecule has 0 spiro atoms. The van der Waals surface area contributed by atoms with Crippen LogP contribution in [0, 0.1) is 13.8 Å². The van der Waals surface area contributed by atoms with Crippen molar-refractivity contribution >= 4 is 5.91 Å². The van der Waals surface area contributed by atoms with Gasteiger partial charge in [0.25, 0.3) is 5.91 Å². The average molecular weight is 343 g/mol. The summed E-state index contributed by atoms with van der Waals surface area (Å²) in [6.07, 6.45) is 2.02. The third kappa shape index (κ3) is 3.48. The van der Waals surface area contributed by atoms with Crippen molar-refractivity contribution in [1.82, 2.24) is 15.1 Å². The first kappa shape index (κ1) is 17.3. The number of aromatic amines is 1. The van der Waals surface area contributed by atoms with Gasteiger partial charge in [0.2, 0.25) is 0 Å². The number of methoxy groups -OCH3 is 2. The molecule has 1 saturated heterocycles. The lowest BCUT2D eigenvalue weighted by Crippen LogP contribution is -2.39. The summed E-state index contributed by atoms with van der Waals surface area (Å²) < 4.78 is 10.8. The van der Waals surface area contributed by atoms with E-state index in [-0.39, 0.29) is 11.8 Å². The predicted octanol–water partition coefficient (Wildman–Crippen LogP) is 3.06. The number of nitrogens with zero attached hydrogens (tertiary/aromatic N) is 2. The number of hydrogen-bond acceptors (Lipinski definition) is 4. The predicted molar refractivity (Wildman–Crippen MR) is 95.5 cm³/mol. The molecule has 3 rings (SSSR count). The summed E-state index contributed by atoms with van der Waals surface area (Å²) in [6.45, 7) is 5.36. The minimum absolute atomic E-state index is 0.00792. The molecule has 2 aromatic rings. The largest absolute Gasteiger partial charge is 0.496 e. The van der Waals surface area contributed by atoms with E-state index in [4.69, 9.17) is 9.47 Å². The molecule has 0 saturated carbocycles. The summed E-state index contributed by atoms with van der Waals surface area (Å²) in [5, 5.41) is 7.36. The Hall–Kier alpha value is -2.50. The zero-order valence-corrected chi connectivity index (χ0v) is 15.3. The lowest BCUT2D eigenvalue weighted by Gasteiger charge is -2.32. The molecule has 0 radical (unpaired) electrons. The maximum absolute atomic E-state index is 13.0. The van der Waals surface area contributed by atoms with Crippen LogP contribution in [0.2, 0.25) is 0 Å². The quantitative estimate of drug-likeness (QED) is 0.926. The summed E-state index contributed by atoms with van der Waals surface area (Å²) >= 11 is 0. The van der Waals surface area contributed by atoms with Crippen molar-refractivity contribution in [2.45, 2.75) is 32.6 Å². The highest BCUT2D eigenvalue weighted by Crippen LogP contribution is 2.32. The number of ether oxygens (including phenoxy) is 2. The van der Waals surface area contributed by atoms with Gasteiger partial charge in [-0.15, -0.1) is 0 Å².